The molecule has 0 spiro atoms. The third kappa shape index (κ3) is 11.2. The van der Waals surface area contributed by atoms with Gasteiger partial charge in [0.05, 0.1) is 12.6 Å². The van der Waals surface area contributed by atoms with E-state index < -0.39 is 6.04 Å². The molecular formula is C27H35N7O2S. The third-order valence-electron chi connectivity index (χ3n) is 5.29. The number of nitrogens with two attached hydrogens (primary N) is 2. The Hall–Kier alpha value is -3.73. The Kier molecular flexibility index (Phi) is 13.4. The fourth-order valence-corrected chi connectivity index (χ4v) is 4.10. The van der Waals surface area contributed by atoms with Gasteiger partial charge in [-0.05, 0) is 66.4 Å². The van der Waals surface area contributed by atoms with E-state index >= 15 is 0 Å². The van der Waals surface area contributed by atoms with Crippen molar-refractivity contribution in [2.45, 2.75) is 31.2 Å². The van der Waals surface area contributed by atoms with Crippen LogP contribution in [0.1, 0.15) is 28.7 Å². The van der Waals surface area contributed by atoms with Crippen molar-refractivity contribution in [1.82, 2.24) is 20.3 Å². The van der Waals surface area contributed by atoms with Gasteiger partial charge in [0.2, 0.25) is 11.8 Å². The van der Waals surface area contributed by atoms with Crippen LogP contribution in [0.2, 0.25) is 0 Å². The minimum atomic E-state index is -0.469. The van der Waals surface area contributed by atoms with Gasteiger partial charge in [0.15, 0.2) is 0 Å². The first-order valence-corrected chi connectivity index (χ1v) is 12.8. The lowest BCUT2D eigenvalue weighted by Gasteiger charge is -2.18. The molecule has 0 saturated carbocycles. The summed E-state index contributed by atoms with van der Waals surface area (Å²) in [6.07, 6.45) is 6.01. The quantitative estimate of drug-likeness (QED) is 0.114. The minimum Gasteiger partial charge on any atom is -0.399 e. The van der Waals surface area contributed by atoms with Crippen LogP contribution in [0.5, 0.6) is 0 Å². The summed E-state index contributed by atoms with van der Waals surface area (Å²) < 4.78 is 3.25. The molecule has 37 heavy (non-hydrogen) atoms. The van der Waals surface area contributed by atoms with E-state index in [1.54, 1.807) is 12.4 Å². The number of nitrogens with zero attached hydrogens (tertiary/aromatic N) is 1. The average Bonchev–Trinajstić information content (AvgIpc) is 2.95. The van der Waals surface area contributed by atoms with Gasteiger partial charge < -0.3 is 27.5 Å². The Labute approximate surface area is 222 Å². The van der Waals surface area contributed by atoms with E-state index in [1.807, 2.05) is 60.7 Å². The number of pyridine rings is 1. The highest BCUT2D eigenvalue weighted by Gasteiger charge is 2.19. The lowest BCUT2D eigenvalue weighted by atomic mass is 10.1. The molecule has 0 aliphatic carbocycles. The topological polar surface area (TPSA) is 159 Å². The second-order valence-electron chi connectivity index (χ2n) is 7.98. The van der Waals surface area contributed by atoms with Crippen LogP contribution in [0.3, 0.4) is 0 Å². The molecule has 1 atom stereocenters. The molecule has 1 heterocycles. The first kappa shape index (κ1) is 29.5. The predicted molar refractivity (Wildman–Crippen MR) is 151 cm³/mol. The van der Waals surface area contributed by atoms with Gasteiger partial charge in [0.1, 0.15) is 0 Å². The summed E-state index contributed by atoms with van der Waals surface area (Å²) in [4.78, 5) is 29.2. The number of aromatic nitrogens is 1. The SMILES string of the molecule is CN.N=Cc1ccc(CNC(=O)CNC(=O)C(CCc2ccncc2)NSCc2ccc(N)cc2)cc1. The Balaban J connectivity index is 0.00000235. The van der Waals surface area contributed by atoms with Crippen LogP contribution >= 0.6 is 11.9 Å². The van der Waals surface area contributed by atoms with Gasteiger partial charge in [0.25, 0.3) is 0 Å². The molecule has 1 unspecified atom stereocenters. The number of rotatable bonds is 13. The molecule has 0 aliphatic heterocycles. The smallest absolute Gasteiger partial charge is 0.239 e. The van der Waals surface area contributed by atoms with Crippen molar-refractivity contribution in [2.24, 2.45) is 5.73 Å². The maximum absolute atomic E-state index is 12.9. The molecule has 3 rings (SSSR count). The minimum absolute atomic E-state index is 0.104. The molecule has 2 aromatic carbocycles. The maximum atomic E-state index is 12.9. The van der Waals surface area contributed by atoms with Gasteiger partial charge in [0, 0.05) is 36.6 Å². The molecule has 8 N–H and O–H groups in total. The monoisotopic (exact) mass is 521 g/mol. The van der Waals surface area contributed by atoms with Crippen LogP contribution in [0.25, 0.3) is 0 Å². The van der Waals surface area contributed by atoms with E-state index in [-0.39, 0.29) is 18.4 Å². The number of anilines is 1. The second kappa shape index (κ2) is 16.9. The van der Waals surface area contributed by atoms with E-state index in [0.717, 1.165) is 22.3 Å². The molecule has 196 valence electrons. The Morgan fingerprint density at radius 2 is 1.59 bits per heavy atom. The number of amides is 2. The van der Waals surface area contributed by atoms with Gasteiger partial charge in [-0.2, -0.15) is 0 Å². The number of hydrogen-bond acceptors (Lipinski definition) is 8. The number of nitrogens with one attached hydrogen (secondary N) is 4. The number of carbonyl (C=O) groups is 2. The van der Waals surface area contributed by atoms with Crippen molar-refractivity contribution in [1.29, 1.82) is 5.41 Å². The highest BCUT2D eigenvalue weighted by Crippen LogP contribution is 2.14. The predicted octanol–water partition coefficient (Wildman–Crippen LogP) is 2.41. The van der Waals surface area contributed by atoms with Gasteiger partial charge in [-0.3, -0.25) is 19.3 Å². The highest BCUT2D eigenvalue weighted by molar-refractivity contribution is 7.96. The van der Waals surface area contributed by atoms with E-state index in [4.69, 9.17) is 11.1 Å². The summed E-state index contributed by atoms with van der Waals surface area (Å²) in [7, 11) is 1.50. The molecule has 9 nitrogen and oxygen atoms in total. The maximum Gasteiger partial charge on any atom is 0.239 e. The van der Waals surface area contributed by atoms with Crippen LogP contribution in [0, 0.1) is 5.41 Å². The van der Waals surface area contributed by atoms with Crippen LogP contribution in [-0.4, -0.2) is 42.6 Å². The molecule has 0 saturated heterocycles. The van der Waals surface area contributed by atoms with Crippen molar-refractivity contribution >= 4 is 35.7 Å². The number of nitrogen functional groups attached to an aromatic ring is 1. The molecule has 0 bridgehead atoms. The summed E-state index contributed by atoms with van der Waals surface area (Å²) in [6, 6.07) is 18.4. The van der Waals surface area contributed by atoms with E-state index in [9.17, 15) is 9.59 Å². The lowest BCUT2D eigenvalue weighted by Crippen LogP contribution is -2.45. The Morgan fingerprint density at radius 3 is 2.24 bits per heavy atom. The molecule has 2 amide bonds. The fraction of sp³-hybridized carbons (Fsp3) is 0.259. The van der Waals surface area contributed by atoms with Gasteiger partial charge in [-0.1, -0.05) is 48.3 Å². The summed E-state index contributed by atoms with van der Waals surface area (Å²) in [5, 5.41) is 12.8. The lowest BCUT2D eigenvalue weighted by molar-refractivity contribution is -0.127. The normalized spacial score (nSPS) is 11.0. The van der Waals surface area contributed by atoms with Crippen molar-refractivity contribution in [3.8, 4) is 0 Å². The molecule has 0 aliphatic rings. The molecule has 1 aromatic heterocycles. The van der Waals surface area contributed by atoms with Crippen molar-refractivity contribution in [2.75, 3.05) is 19.3 Å². The van der Waals surface area contributed by atoms with Crippen molar-refractivity contribution in [3.63, 3.8) is 0 Å². The van der Waals surface area contributed by atoms with Crippen LogP contribution in [0.4, 0.5) is 5.69 Å². The Morgan fingerprint density at radius 1 is 0.946 bits per heavy atom. The van der Waals surface area contributed by atoms with E-state index in [2.05, 4.69) is 26.1 Å². The summed E-state index contributed by atoms with van der Waals surface area (Å²) in [6.45, 7) is 0.252. The summed E-state index contributed by atoms with van der Waals surface area (Å²) in [5.74, 6) is 0.183. The summed E-state index contributed by atoms with van der Waals surface area (Å²) >= 11 is 1.45. The second-order valence-corrected chi connectivity index (χ2v) is 8.79. The highest BCUT2D eigenvalue weighted by atomic mass is 32.2. The molecule has 10 heteroatoms. The average molecular weight is 522 g/mol. The summed E-state index contributed by atoms with van der Waals surface area (Å²) in [5.41, 5.74) is 14.9. The van der Waals surface area contributed by atoms with Crippen LogP contribution in [-0.2, 0) is 28.3 Å². The largest absolute Gasteiger partial charge is 0.399 e. The first-order chi connectivity index (χ1) is 18.0. The zero-order valence-electron chi connectivity index (χ0n) is 20.9. The van der Waals surface area contributed by atoms with Crippen LogP contribution in [0.15, 0.2) is 73.1 Å². The standard InChI is InChI=1S/C26H30N6O2S.CH5N/c27-15-20-1-3-21(4-2-20)16-30-25(33)17-31-26(34)24(10-7-19-11-13-29-14-12-19)32-35-18-22-5-8-23(28)9-6-22;1-2/h1-6,8-9,11-15,24,27,32H,7,10,16-18,28H2,(H,30,33)(H,31,34);2H2,1H3. The third-order valence-corrected chi connectivity index (χ3v) is 6.22. The van der Waals surface area contributed by atoms with E-state index in [1.165, 1.54) is 25.2 Å². The Bertz CT molecular complexity index is 1090. The van der Waals surface area contributed by atoms with Crippen molar-refractivity contribution < 1.29 is 9.59 Å². The molecular weight excluding hydrogens is 486 g/mol. The zero-order chi connectivity index (χ0) is 26.9. The zero-order valence-corrected chi connectivity index (χ0v) is 21.8. The molecule has 3 aromatic rings. The number of hydrogen-bond donors (Lipinski definition) is 6. The fourth-order valence-electron chi connectivity index (χ4n) is 3.23. The molecule has 0 radical (unpaired) electrons. The van der Waals surface area contributed by atoms with Crippen molar-refractivity contribution in [3.05, 3.63) is 95.3 Å². The van der Waals surface area contributed by atoms with Gasteiger partial charge >= 0.3 is 0 Å². The number of benzene rings is 2. The first-order valence-electron chi connectivity index (χ1n) is 11.9. The van der Waals surface area contributed by atoms with Crippen LogP contribution < -0.4 is 26.8 Å². The number of carbonyl (C=O) groups excluding carboxylic acids is 2. The molecule has 0 fully saturated rings. The van der Waals surface area contributed by atoms with Gasteiger partial charge in [-0.25, -0.2) is 0 Å². The number of aryl methyl sites for hydroxylation is 1. The van der Waals surface area contributed by atoms with Gasteiger partial charge in [-0.15, -0.1) is 0 Å². The van der Waals surface area contributed by atoms with E-state index in [0.29, 0.717) is 30.8 Å².